The number of halogens is 5. The van der Waals surface area contributed by atoms with Gasteiger partial charge in [0.05, 0.1) is 22.6 Å². The Morgan fingerprint density at radius 1 is 0.977 bits per heavy atom. The number of hydrogen-bond acceptors (Lipinski definition) is 5. The summed E-state index contributed by atoms with van der Waals surface area (Å²) >= 11 is 0. The number of aryl methyl sites for hydroxylation is 1. The summed E-state index contributed by atoms with van der Waals surface area (Å²) in [4.78, 5) is 25.9. The largest absolute Gasteiger partial charge is 0.452 e. The smallest absolute Gasteiger partial charge is 0.410 e. The molecule has 0 saturated carbocycles. The molecule has 43 heavy (non-hydrogen) atoms. The van der Waals surface area contributed by atoms with Gasteiger partial charge in [0.15, 0.2) is 22.7 Å². The van der Waals surface area contributed by atoms with E-state index in [1.807, 2.05) is 5.32 Å². The number of ether oxygens (including phenoxy) is 1. The van der Waals surface area contributed by atoms with Crippen LogP contribution in [0, 0.1) is 18.6 Å². The van der Waals surface area contributed by atoms with Gasteiger partial charge in [-0.05, 0) is 76.2 Å². The van der Waals surface area contributed by atoms with Crippen molar-refractivity contribution in [2.24, 2.45) is 0 Å². The van der Waals surface area contributed by atoms with E-state index in [9.17, 15) is 40.0 Å². The van der Waals surface area contributed by atoms with Gasteiger partial charge in [0.1, 0.15) is 11.4 Å². The number of aromatic nitrogens is 1. The van der Waals surface area contributed by atoms with E-state index in [0.29, 0.717) is 6.07 Å². The molecule has 0 atom stereocenters. The molecule has 0 radical (unpaired) electrons. The van der Waals surface area contributed by atoms with Gasteiger partial charge in [0, 0.05) is 28.8 Å². The second-order valence-corrected chi connectivity index (χ2v) is 12.2. The first-order valence-corrected chi connectivity index (χ1v) is 14.4. The van der Waals surface area contributed by atoms with Crippen molar-refractivity contribution < 1.29 is 39.9 Å². The van der Waals surface area contributed by atoms with Crippen LogP contribution in [0.4, 0.5) is 27.6 Å². The van der Waals surface area contributed by atoms with Crippen LogP contribution in [-0.4, -0.2) is 36.4 Å². The van der Waals surface area contributed by atoms with Crippen molar-refractivity contribution in [3.63, 3.8) is 0 Å². The number of fused-ring (bicyclic) bond motifs is 1. The Morgan fingerprint density at radius 2 is 1.65 bits per heavy atom. The minimum Gasteiger partial charge on any atom is -0.452 e. The van der Waals surface area contributed by atoms with Crippen LogP contribution < -0.4 is 20.2 Å². The number of carbonyl (C=O) groups is 1. The van der Waals surface area contributed by atoms with Crippen molar-refractivity contribution in [2.45, 2.75) is 39.4 Å². The average Bonchev–Trinajstić information content (AvgIpc) is 2.91. The molecular weight excluding hydrogens is 597 g/mol. The predicted octanol–water partition coefficient (Wildman–Crippen LogP) is 6.20. The van der Waals surface area contributed by atoms with Crippen LogP contribution in [0.15, 0.2) is 65.6 Å². The van der Waals surface area contributed by atoms with Crippen LogP contribution in [0.3, 0.4) is 0 Å². The number of nitrogens with zero attached hydrogens (tertiary/aromatic N) is 1. The Labute approximate surface area is 243 Å². The molecule has 8 nitrogen and oxygen atoms in total. The maximum Gasteiger partial charge on any atom is 0.410 e. The number of sulfonamides is 1. The Balaban J connectivity index is 1.95. The summed E-state index contributed by atoms with van der Waals surface area (Å²) in [6.45, 7) is 4.51. The summed E-state index contributed by atoms with van der Waals surface area (Å²) in [5.74, 6) is -3.65. The van der Waals surface area contributed by atoms with Gasteiger partial charge in [-0.3, -0.25) is 14.3 Å². The number of amides is 1. The zero-order valence-electron chi connectivity index (χ0n) is 23.3. The van der Waals surface area contributed by atoms with E-state index in [4.69, 9.17) is 4.74 Å². The molecule has 2 N–H and O–H groups in total. The van der Waals surface area contributed by atoms with Crippen molar-refractivity contribution in [3.05, 3.63) is 93.8 Å². The van der Waals surface area contributed by atoms with Crippen molar-refractivity contribution in [1.82, 2.24) is 9.88 Å². The fraction of sp³-hybridized carbons (Fsp3) is 0.241. The molecule has 4 rings (SSSR count). The van der Waals surface area contributed by atoms with E-state index in [1.54, 1.807) is 0 Å². The molecule has 0 aliphatic heterocycles. The van der Waals surface area contributed by atoms with Crippen molar-refractivity contribution in [1.29, 1.82) is 0 Å². The Hall–Kier alpha value is -4.46. The molecule has 0 spiro atoms. The highest BCUT2D eigenvalue weighted by molar-refractivity contribution is 7.92. The summed E-state index contributed by atoms with van der Waals surface area (Å²) in [5, 5.41) is 2.01. The van der Waals surface area contributed by atoms with E-state index in [1.165, 1.54) is 61.0 Å². The first-order chi connectivity index (χ1) is 19.9. The zero-order valence-corrected chi connectivity index (χ0v) is 24.1. The third-order valence-corrected chi connectivity index (χ3v) is 7.87. The summed E-state index contributed by atoms with van der Waals surface area (Å²) in [6.07, 6.45) is -3.40. The van der Waals surface area contributed by atoms with E-state index < -0.39 is 44.7 Å². The second-order valence-electron chi connectivity index (χ2n) is 10.2. The first-order valence-electron chi connectivity index (χ1n) is 12.8. The predicted molar refractivity (Wildman–Crippen MR) is 151 cm³/mol. The number of alkyl halides is 3. The lowest BCUT2D eigenvalue weighted by atomic mass is 10.0. The van der Waals surface area contributed by atoms with Gasteiger partial charge in [-0.1, -0.05) is 0 Å². The number of benzene rings is 3. The molecule has 1 aromatic heterocycles. The van der Waals surface area contributed by atoms with Crippen molar-refractivity contribution in [2.75, 3.05) is 10.5 Å². The molecule has 0 aliphatic carbocycles. The average molecular weight is 624 g/mol. The molecule has 1 heterocycles. The van der Waals surface area contributed by atoms with Gasteiger partial charge >= 0.3 is 6.18 Å². The summed E-state index contributed by atoms with van der Waals surface area (Å²) in [7, 11) is -3.76. The van der Waals surface area contributed by atoms with Gasteiger partial charge in [0.25, 0.3) is 5.91 Å². The summed E-state index contributed by atoms with van der Waals surface area (Å²) in [5.41, 5.74) is -2.85. The molecule has 4 aromatic rings. The number of nitrogens with one attached hydrogen (secondary N) is 2. The molecule has 0 fully saturated rings. The zero-order chi connectivity index (χ0) is 31.9. The van der Waals surface area contributed by atoms with Gasteiger partial charge in [0.2, 0.25) is 10.0 Å². The third-order valence-electron chi connectivity index (χ3n) is 6.57. The maximum atomic E-state index is 14.5. The maximum absolute atomic E-state index is 14.5. The third kappa shape index (κ3) is 6.63. The Bertz CT molecular complexity index is 1900. The van der Waals surface area contributed by atoms with Crippen molar-refractivity contribution in [3.8, 4) is 17.2 Å². The molecule has 0 unspecified atom stereocenters. The molecule has 0 saturated heterocycles. The minimum atomic E-state index is -4.76. The Morgan fingerprint density at radius 3 is 2.28 bits per heavy atom. The number of carbonyl (C=O) groups excluding carboxylic acids is 1. The van der Waals surface area contributed by atoms with Crippen molar-refractivity contribution >= 4 is 32.5 Å². The van der Waals surface area contributed by atoms with Gasteiger partial charge in [-0.2, -0.15) is 13.2 Å². The van der Waals surface area contributed by atoms with Crippen LogP contribution >= 0.6 is 0 Å². The lowest BCUT2D eigenvalue weighted by Gasteiger charge is -2.29. The molecule has 0 bridgehead atoms. The SMILES string of the molecule is CCS(=O)(=O)Nc1ccc(Oc2ccc(F)cc2F)c(-n2cc(C)c(=O)c3ccc(C(=O)NC(C)(C)C(F)(F)F)cc32)c1. The van der Waals surface area contributed by atoms with Crippen LogP contribution in [0.25, 0.3) is 16.6 Å². The molecular formula is C29H26F5N3O5S. The van der Waals surface area contributed by atoms with Crippen LogP contribution in [0.2, 0.25) is 0 Å². The van der Waals surface area contributed by atoms with Crippen LogP contribution in [0.1, 0.15) is 36.7 Å². The molecule has 228 valence electrons. The van der Waals surface area contributed by atoms with Crippen LogP contribution in [-0.2, 0) is 10.0 Å². The van der Waals surface area contributed by atoms with Gasteiger partial charge in [-0.15, -0.1) is 0 Å². The monoisotopic (exact) mass is 623 g/mol. The highest BCUT2D eigenvalue weighted by atomic mass is 32.2. The Kier molecular flexibility index (Phi) is 8.29. The molecule has 3 aromatic carbocycles. The second kappa shape index (κ2) is 11.3. The van der Waals surface area contributed by atoms with E-state index in [0.717, 1.165) is 26.0 Å². The lowest BCUT2D eigenvalue weighted by molar-refractivity contribution is -0.182. The minimum absolute atomic E-state index is 0.0491. The fourth-order valence-electron chi connectivity index (χ4n) is 4.01. The molecule has 1 amide bonds. The topological polar surface area (TPSA) is 106 Å². The first kappa shape index (κ1) is 31.5. The van der Waals surface area contributed by atoms with E-state index in [2.05, 4.69) is 4.72 Å². The molecule has 0 aliphatic rings. The highest BCUT2D eigenvalue weighted by Gasteiger charge is 2.48. The fourth-order valence-corrected chi connectivity index (χ4v) is 4.64. The van der Waals surface area contributed by atoms with E-state index >= 15 is 0 Å². The number of pyridine rings is 1. The highest BCUT2D eigenvalue weighted by Crippen LogP contribution is 2.35. The van der Waals surface area contributed by atoms with Gasteiger partial charge < -0.3 is 14.6 Å². The summed E-state index contributed by atoms with van der Waals surface area (Å²) in [6, 6.07) is 10.3. The standard InChI is InChI=1S/C29H26F5N3O5S/c1-5-43(40,41)36-19-8-11-25(42-24-10-7-18(30)13-21(24)31)23(14-19)37-15-16(2)26(38)20-9-6-17(12-22(20)37)27(39)35-28(3,4)29(32,33)34/h6-15,36H,5H2,1-4H3,(H,35,39). The van der Waals surface area contributed by atoms with E-state index in [-0.39, 0.29) is 50.7 Å². The number of anilines is 1. The normalized spacial score (nSPS) is 12.3. The molecule has 14 heteroatoms. The summed E-state index contributed by atoms with van der Waals surface area (Å²) < 4.78 is 102. The number of hydrogen-bond donors (Lipinski definition) is 2. The van der Waals surface area contributed by atoms with Gasteiger partial charge in [-0.25, -0.2) is 17.2 Å². The van der Waals surface area contributed by atoms with Crippen LogP contribution in [0.5, 0.6) is 11.5 Å². The lowest BCUT2D eigenvalue weighted by Crippen LogP contribution is -2.54. The quantitative estimate of drug-likeness (QED) is 0.227. The number of rotatable bonds is 8.